The van der Waals surface area contributed by atoms with Crippen LogP contribution in [0.1, 0.15) is 15.0 Å². The maximum Gasteiger partial charge on any atom is 0.260 e. The highest BCUT2D eigenvalue weighted by atomic mass is 32.1. The topological polar surface area (TPSA) is 90.6 Å². The molecule has 3 aliphatic carbocycles. The molecule has 252 valence electrons. The maximum atomic E-state index is 16.5. The van der Waals surface area contributed by atoms with Gasteiger partial charge in [-0.25, -0.2) is 46.1 Å². The molecule has 0 saturated carbocycles. The molecule has 0 spiro atoms. The van der Waals surface area contributed by atoms with Crippen LogP contribution in [0.15, 0.2) is 16.7 Å². The normalized spacial score (nSPS) is 17.8. The SMILES string of the molecule is [C-]#[N+]C(=C1C(F)=c2c(c3c(c4c2=C(F)/C(=C(/C#N)c2nc(F)c(F)s2)C=4F)=C(F)/C(=C(/C#N)c2nc(F)c(F)s2)C=3F)=C1F)c1nc(F)c(F)s1. The number of aromatic nitrogens is 3. The molecule has 3 aliphatic rings. The summed E-state index contributed by atoms with van der Waals surface area (Å²) >= 11 is -0.632. The van der Waals surface area contributed by atoms with E-state index in [1.54, 1.807) is 0 Å². The van der Waals surface area contributed by atoms with Gasteiger partial charge in [0.15, 0.2) is 0 Å². The fourth-order valence-corrected chi connectivity index (χ4v) is 7.57. The highest BCUT2D eigenvalue weighted by molar-refractivity contribution is 7.11. The lowest BCUT2D eigenvalue weighted by Crippen LogP contribution is -2.64. The number of benzene rings is 1. The third-order valence-electron chi connectivity index (χ3n) is 7.48. The molecule has 0 radical (unpaired) electrons. The Morgan fingerprint density at radius 1 is 0.471 bits per heavy atom. The molecule has 3 heterocycles. The van der Waals surface area contributed by atoms with Gasteiger partial charge in [0.1, 0.15) is 73.3 Å². The zero-order chi connectivity index (χ0) is 37.0. The Labute approximate surface area is 283 Å². The van der Waals surface area contributed by atoms with Crippen LogP contribution in [0.5, 0.6) is 0 Å². The third-order valence-corrected chi connectivity index (χ3v) is 9.98. The second kappa shape index (κ2) is 11.6. The fourth-order valence-electron chi connectivity index (χ4n) is 5.55. The summed E-state index contributed by atoms with van der Waals surface area (Å²) in [7, 11) is 0. The van der Waals surface area contributed by atoms with Gasteiger partial charge in [0.05, 0.1) is 23.3 Å². The van der Waals surface area contributed by atoms with Gasteiger partial charge in [0.2, 0.25) is 21.1 Å². The zero-order valence-electron chi connectivity index (χ0n) is 23.4. The molecule has 0 saturated heterocycles. The first-order valence-electron chi connectivity index (χ1n) is 13.0. The molecule has 6 nitrogen and oxygen atoms in total. The van der Waals surface area contributed by atoms with Crippen LogP contribution in [-0.2, 0) is 0 Å². The molecular weight excluding hydrogens is 769 g/mol. The van der Waals surface area contributed by atoms with E-state index in [0.29, 0.717) is 0 Å². The van der Waals surface area contributed by atoms with Gasteiger partial charge in [-0.2, -0.15) is 36.9 Å². The van der Waals surface area contributed by atoms with Gasteiger partial charge in [0, 0.05) is 31.3 Å². The molecule has 0 N–H and O–H groups in total. The average Bonchev–Trinajstić information content (AvgIpc) is 3.88. The van der Waals surface area contributed by atoms with Gasteiger partial charge in [0.25, 0.3) is 17.8 Å². The summed E-state index contributed by atoms with van der Waals surface area (Å²) in [5, 5.41) is 3.08. The molecular formula is C30F12N6S3. The lowest BCUT2D eigenvalue weighted by molar-refractivity contribution is 0.503. The highest BCUT2D eigenvalue weighted by Crippen LogP contribution is 2.39. The van der Waals surface area contributed by atoms with E-state index < -0.39 is 148 Å². The summed E-state index contributed by atoms with van der Waals surface area (Å²) in [5.41, 5.74) is -8.38. The molecule has 0 bridgehead atoms. The molecule has 1 aromatic carbocycles. The van der Waals surface area contributed by atoms with E-state index in [0.717, 1.165) is 0 Å². The van der Waals surface area contributed by atoms with E-state index in [9.17, 15) is 36.9 Å². The molecule has 21 heteroatoms. The highest BCUT2D eigenvalue weighted by Gasteiger charge is 2.38. The van der Waals surface area contributed by atoms with Gasteiger partial charge in [-0.1, -0.05) is 34.0 Å². The maximum absolute atomic E-state index is 16.5. The van der Waals surface area contributed by atoms with Crippen LogP contribution in [0, 0.1) is 62.5 Å². The second-order valence-corrected chi connectivity index (χ2v) is 12.8. The summed E-state index contributed by atoms with van der Waals surface area (Å²) < 4.78 is 182. The minimum Gasteiger partial charge on any atom is -0.234 e. The molecule has 0 aliphatic heterocycles. The van der Waals surface area contributed by atoms with Crippen LogP contribution in [0.3, 0.4) is 0 Å². The molecule has 0 amide bonds. The van der Waals surface area contributed by atoms with Crippen molar-refractivity contribution in [2.45, 2.75) is 0 Å². The summed E-state index contributed by atoms with van der Waals surface area (Å²) in [4.78, 5) is 12.1. The van der Waals surface area contributed by atoms with Gasteiger partial charge < -0.3 is 0 Å². The van der Waals surface area contributed by atoms with E-state index in [1.807, 2.05) is 0 Å². The second-order valence-electron chi connectivity index (χ2n) is 9.94. The largest absolute Gasteiger partial charge is 0.260 e. The minimum atomic E-state index is -2.01. The first-order chi connectivity index (χ1) is 24.2. The lowest BCUT2D eigenvalue weighted by Gasteiger charge is -2.01. The Kier molecular flexibility index (Phi) is 7.67. The number of rotatable bonds is 3. The number of fused-ring (bicyclic) bond motifs is 6. The Morgan fingerprint density at radius 3 is 0.980 bits per heavy atom. The first kappa shape index (κ1) is 33.7. The van der Waals surface area contributed by atoms with Gasteiger partial charge in [-0.3, -0.25) is 0 Å². The summed E-state index contributed by atoms with van der Waals surface area (Å²) in [6.45, 7) is 7.46. The zero-order valence-corrected chi connectivity index (χ0v) is 25.9. The van der Waals surface area contributed by atoms with Crippen LogP contribution in [-0.4, -0.2) is 15.0 Å². The summed E-state index contributed by atoms with van der Waals surface area (Å²) in [6, 6.07) is 2.52. The van der Waals surface area contributed by atoms with Crippen LogP contribution >= 0.6 is 34.0 Å². The number of thiazole rings is 3. The Hall–Kier alpha value is -5.82. The molecule has 0 fully saturated rings. The van der Waals surface area contributed by atoms with Crippen molar-refractivity contribution in [3.8, 4) is 12.1 Å². The van der Waals surface area contributed by atoms with Crippen molar-refractivity contribution in [2.75, 3.05) is 0 Å². The predicted molar refractivity (Wildman–Crippen MR) is 156 cm³/mol. The van der Waals surface area contributed by atoms with Gasteiger partial charge in [-0.05, 0) is 0 Å². The van der Waals surface area contributed by atoms with E-state index >= 15 is 26.3 Å². The van der Waals surface area contributed by atoms with E-state index in [2.05, 4.69) is 19.8 Å². The Morgan fingerprint density at radius 2 is 0.745 bits per heavy atom. The van der Waals surface area contributed by atoms with E-state index in [4.69, 9.17) is 6.57 Å². The molecule has 51 heavy (non-hydrogen) atoms. The quantitative estimate of drug-likeness (QED) is 0.172. The molecule has 7 rings (SSSR count). The van der Waals surface area contributed by atoms with Crippen molar-refractivity contribution in [3.63, 3.8) is 0 Å². The van der Waals surface area contributed by atoms with Crippen LogP contribution < -0.4 is 31.3 Å². The Bertz CT molecular complexity index is 2520. The van der Waals surface area contributed by atoms with Crippen LogP contribution in [0.2, 0.25) is 0 Å². The third kappa shape index (κ3) is 4.50. The molecule has 4 aromatic rings. The number of hydrogen-bond acceptors (Lipinski definition) is 8. The Balaban J connectivity index is 1.80. The van der Waals surface area contributed by atoms with Gasteiger partial charge >= 0.3 is 0 Å². The summed E-state index contributed by atoms with van der Waals surface area (Å²) in [5.74, 6) is -17.5. The van der Waals surface area contributed by atoms with E-state index in [1.165, 1.54) is 12.1 Å². The van der Waals surface area contributed by atoms with Crippen molar-refractivity contribution < 1.29 is 52.7 Å². The number of allylic oxidation sites excluding steroid dienone is 5. The van der Waals surface area contributed by atoms with Crippen LogP contribution in [0.4, 0.5) is 52.7 Å². The standard InChI is InChI=1S/C30F12N6S3/c1-45-21(30-48-24(39)27(42)51-30)14-19(35)12-10-8(15(31)6(17(10)33)4(2-43)28-46-22(37)25(40)49-28)9-11(13(12)20(14)36)18(34)7(16(9)32)5(3-44)29-47-23(38)26(41)50-29/b6-4-,7-5+,21-14?. The fraction of sp³-hybridized carbons (Fsp3) is 0. The lowest BCUT2D eigenvalue weighted by atomic mass is 10.1. The smallest absolute Gasteiger partial charge is 0.234 e. The van der Waals surface area contributed by atoms with Crippen molar-refractivity contribution in [2.24, 2.45) is 0 Å². The average molecular weight is 769 g/mol. The predicted octanol–water partition coefficient (Wildman–Crippen LogP) is 4.68. The minimum absolute atomic E-state index is 0.207. The monoisotopic (exact) mass is 768 g/mol. The van der Waals surface area contributed by atoms with Crippen molar-refractivity contribution in [3.05, 3.63) is 108 Å². The molecule has 3 aromatic heterocycles. The number of nitrogens with zero attached hydrogens (tertiary/aromatic N) is 6. The van der Waals surface area contributed by atoms with Crippen molar-refractivity contribution in [1.82, 2.24) is 15.0 Å². The number of halogens is 12. The first-order valence-corrected chi connectivity index (χ1v) is 15.4. The van der Waals surface area contributed by atoms with Crippen LogP contribution in [0.25, 0.3) is 56.6 Å². The van der Waals surface area contributed by atoms with Gasteiger partial charge in [-0.15, -0.1) is 0 Å². The van der Waals surface area contributed by atoms with E-state index in [-0.39, 0.29) is 34.0 Å². The molecule has 0 unspecified atom stereocenters. The summed E-state index contributed by atoms with van der Waals surface area (Å²) in [6.07, 6.45) is 0. The number of nitriles is 2. The van der Waals surface area contributed by atoms with Crippen molar-refractivity contribution >= 4 is 85.8 Å². The van der Waals surface area contributed by atoms with Crippen molar-refractivity contribution in [1.29, 1.82) is 10.5 Å². The number of hydrogen-bond donors (Lipinski definition) is 0. The molecule has 0 atom stereocenters.